The molecule has 1 unspecified atom stereocenters. The second kappa shape index (κ2) is 9.80. The summed E-state index contributed by atoms with van der Waals surface area (Å²) in [7, 11) is 0. The third kappa shape index (κ3) is 6.36. The minimum absolute atomic E-state index is 0.210. The van der Waals surface area contributed by atoms with Crippen molar-refractivity contribution in [3.63, 3.8) is 0 Å². The third-order valence-electron chi connectivity index (χ3n) is 1.68. The Morgan fingerprint density at radius 2 is 1.60 bits per heavy atom. The van der Waals surface area contributed by atoms with Gasteiger partial charge in [-0.25, -0.2) is 9.79 Å². The SMILES string of the molecule is CCOC(CN=C=O)C(OCC)OCC. The van der Waals surface area contributed by atoms with Gasteiger partial charge in [0.1, 0.15) is 6.10 Å². The lowest BCUT2D eigenvalue weighted by atomic mass is 10.3. The number of carbonyl (C=O) groups excluding carboxylic acids is 1. The highest BCUT2D eigenvalue weighted by molar-refractivity contribution is 5.32. The summed E-state index contributed by atoms with van der Waals surface area (Å²) in [5.74, 6) is 0. The van der Waals surface area contributed by atoms with E-state index in [2.05, 4.69) is 4.99 Å². The van der Waals surface area contributed by atoms with E-state index < -0.39 is 6.29 Å². The summed E-state index contributed by atoms with van der Waals surface area (Å²) < 4.78 is 16.1. The van der Waals surface area contributed by atoms with Gasteiger partial charge in [-0.05, 0) is 20.8 Å². The van der Waals surface area contributed by atoms with E-state index in [1.165, 1.54) is 6.08 Å². The molecule has 0 saturated heterocycles. The Kier molecular flexibility index (Phi) is 9.32. The molecule has 0 saturated carbocycles. The van der Waals surface area contributed by atoms with Crippen LogP contribution in [0.4, 0.5) is 0 Å². The Hall–Kier alpha value is -0.740. The van der Waals surface area contributed by atoms with Gasteiger partial charge < -0.3 is 14.2 Å². The number of hydrogen-bond acceptors (Lipinski definition) is 5. The lowest BCUT2D eigenvalue weighted by Gasteiger charge is -2.24. The van der Waals surface area contributed by atoms with E-state index in [1.807, 2.05) is 20.8 Å². The lowest BCUT2D eigenvalue weighted by Crippen LogP contribution is -2.36. The van der Waals surface area contributed by atoms with Gasteiger partial charge >= 0.3 is 0 Å². The number of isocyanates is 1. The highest BCUT2D eigenvalue weighted by atomic mass is 16.7. The molecule has 0 aliphatic rings. The first-order valence-corrected chi connectivity index (χ1v) is 5.18. The maximum absolute atomic E-state index is 10.0. The van der Waals surface area contributed by atoms with Crippen molar-refractivity contribution in [1.82, 2.24) is 0 Å². The molecule has 0 rings (SSSR count). The zero-order chi connectivity index (χ0) is 11.5. The fourth-order valence-electron chi connectivity index (χ4n) is 1.15. The maximum Gasteiger partial charge on any atom is 0.235 e. The molecule has 0 aliphatic heterocycles. The van der Waals surface area contributed by atoms with Gasteiger partial charge in [0.25, 0.3) is 0 Å². The molecule has 0 bridgehead atoms. The van der Waals surface area contributed by atoms with Crippen LogP contribution in [0, 0.1) is 0 Å². The molecule has 1 atom stereocenters. The number of hydrogen-bond donors (Lipinski definition) is 0. The van der Waals surface area contributed by atoms with Crippen molar-refractivity contribution in [2.24, 2.45) is 4.99 Å². The van der Waals surface area contributed by atoms with Gasteiger partial charge in [-0.1, -0.05) is 0 Å². The Balaban J connectivity index is 4.27. The van der Waals surface area contributed by atoms with Crippen molar-refractivity contribution in [3.8, 4) is 0 Å². The van der Waals surface area contributed by atoms with Crippen LogP contribution in [-0.2, 0) is 19.0 Å². The van der Waals surface area contributed by atoms with Crippen molar-refractivity contribution in [2.75, 3.05) is 26.4 Å². The van der Waals surface area contributed by atoms with Crippen LogP contribution in [0.2, 0.25) is 0 Å². The molecular weight excluding hydrogens is 198 g/mol. The first kappa shape index (κ1) is 14.3. The Morgan fingerprint density at radius 3 is 2.00 bits per heavy atom. The second-order valence-electron chi connectivity index (χ2n) is 2.70. The zero-order valence-electron chi connectivity index (χ0n) is 9.56. The minimum atomic E-state index is -0.475. The molecule has 0 aromatic heterocycles. The van der Waals surface area contributed by atoms with E-state index in [4.69, 9.17) is 14.2 Å². The molecule has 15 heavy (non-hydrogen) atoms. The molecule has 0 spiro atoms. The number of aliphatic imine (C=N–C) groups is 1. The van der Waals surface area contributed by atoms with Gasteiger partial charge in [0.15, 0.2) is 6.29 Å². The normalized spacial score (nSPS) is 12.5. The smallest absolute Gasteiger partial charge is 0.235 e. The van der Waals surface area contributed by atoms with E-state index in [9.17, 15) is 4.79 Å². The molecule has 0 aromatic rings. The molecule has 5 nitrogen and oxygen atoms in total. The standard InChI is InChI=1S/C10H19NO4/c1-4-13-9(7-11-8-12)10(14-5-2)15-6-3/h9-10H,4-7H2,1-3H3. The quantitative estimate of drug-likeness (QED) is 0.330. The molecule has 0 amide bonds. The molecule has 88 valence electrons. The molecule has 0 radical (unpaired) electrons. The van der Waals surface area contributed by atoms with Gasteiger partial charge in [0, 0.05) is 19.8 Å². The number of ether oxygens (including phenoxy) is 3. The summed E-state index contributed by atoms with van der Waals surface area (Å²) in [5, 5.41) is 0. The van der Waals surface area contributed by atoms with Crippen molar-refractivity contribution in [2.45, 2.75) is 33.2 Å². The monoisotopic (exact) mass is 217 g/mol. The van der Waals surface area contributed by atoms with Crippen molar-refractivity contribution < 1.29 is 19.0 Å². The van der Waals surface area contributed by atoms with Gasteiger partial charge in [-0.15, -0.1) is 0 Å². The van der Waals surface area contributed by atoms with Crippen LogP contribution in [0.1, 0.15) is 20.8 Å². The average Bonchev–Trinajstić information content (AvgIpc) is 2.24. The summed E-state index contributed by atoms with van der Waals surface area (Å²) in [6.45, 7) is 7.40. The van der Waals surface area contributed by atoms with Crippen LogP contribution in [0.5, 0.6) is 0 Å². The minimum Gasteiger partial charge on any atom is -0.371 e. The van der Waals surface area contributed by atoms with Crippen LogP contribution >= 0.6 is 0 Å². The molecule has 5 heteroatoms. The van der Waals surface area contributed by atoms with Gasteiger partial charge in [-0.2, -0.15) is 0 Å². The van der Waals surface area contributed by atoms with E-state index >= 15 is 0 Å². The fraction of sp³-hybridized carbons (Fsp3) is 0.900. The van der Waals surface area contributed by atoms with Crippen LogP contribution in [0.3, 0.4) is 0 Å². The van der Waals surface area contributed by atoms with Crippen LogP contribution in [-0.4, -0.2) is 44.8 Å². The maximum atomic E-state index is 10.0. The summed E-state index contributed by atoms with van der Waals surface area (Å²) in [6, 6.07) is 0. The summed E-state index contributed by atoms with van der Waals surface area (Å²) in [6.07, 6.45) is 0.654. The fourth-order valence-corrected chi connectivity index (χ4v) is 1.15. The predicted molar refractivity (Wildman–Crippen MR) is 55.4 cm³/mol. The molecular formula is C10H19NO4. The molecule has 0 heterocycles. The summed E-state index contributed by atoms with van der Waals surface area (Å²) in [5.41, 5.74) is 0. The average molecular weight is 217 g/mol. The topological polar surface area (TPSA) is 57.1 Å². The lowest BCUT2D eigenvalue weighted by molar-refractivity contribution is -0.199. The first-order chi connectivity index (χ1) is 7.29. The van der Waals surface area contributed by atoms with Gasteiger partial charge in [0.05, 0.1) is 6.54 Å². The highest BCUT2D eigenvalue weighted by Crippen LogP contribution is 2.07. The van der Waals surface area contributed by atoms with Crippen molar-refractivity contribution in [1.29, 1.82) is 0 Å². The molecule has 0 aromatic carbocycles. The van der Waals surface area contributed by atoms with Crippen LogP contribution < -0.4 is 0 Å². The predicted octanol–water partition coefficient (Wildman–Crippen LogP) is 1.13. The van der Waals surface area contributed by atoms with Crippen LogP contribution in [0.25, 0.3) is 0 Å². The highest BCUT2D eigenvalue weighted by Gasteiger charge is 2.22. The Bertz CT molecular complexity index is 186. The van der Waals surface area contributed by atoms with E-state index in [-0.39, 0.29) is 12.6 Å². The van der Waals surface area contributed by atoms with Crippen LogP contribution in [0.15, 0.2) is 4.99 Å². The second-order valence-corrected chi connectivity index (χ2v) is 2.70. The molecule has 0 N–H and O–H groups in total. The zero-order valence-corrected chi connectivity index (χ0v) is 9.56. The van der Waals surface area contributed by atoms with Crippen molar-refractivity contribution in [3.05, 3.63) is 0 Å². The molecule has 0 aliphatic carbocycles. The summed E-state index contributed by atoms with van der Waals surface area (Å²) in [4.78, 5) is 13.5. The molecule has 0 fully saturated rings. The van der Waals surface area contributed by atoms with Gasteiger partial charge in [0.2, 0.25) is 6.08 Å². The first-order valence-electron chi connectivity index (χ1n) is 5.18. The Labute approximate surface area is 90.4 Å². The largest absolute Gasteiger partial charge is 0.371 e. The van der Waals surface area contributed by atoms with Crippen molar-refractivity contribution >= 4 is 6.08 Å². The van der Waals surface area contributed by atoms with Gasteiger partial charge in [-0.3, -0.25) is 0 Å². The third-order valence-corrected chi connectivity index (χ3v) is 1.68. The number of nitrogens with zero attached hydrogens (tertiary/aromatic N) is 1. The Morgan fingerprint density at radius 1 is 1.07 bits per heavy atom. The van der Waals surface area contributed by atoms with E-state index in [1.54, 1.807) is 0 Å². The number of rotatable bonds is 9. The van der Waals surface area contributed by atoms with E-state index in [0.717, 1.165) is 0 Å². The summed E-state index contributed by atoms with van der Waals surface area (Å²) >= 11 is 0. The van der Waals surface area contributed by atoms with E-state index in [0.29, 0.717) is 19.8 Å².